The van der Waals surface area contributed by atoms with Gasteiger partial charge in [0.05, 0.1) is 5.88 Å². The van der Waals surface area contributed by atoms with Crippen molar-refractivity contribution < 1.29 is 4.21 Å². The lowest BCUT2D eigenvalue weighted by Gasteiger charge is -2.01. The molecule has 11 heavy (non-hydrogen) atoms. The van der Waals surface area contributed by atoms with Crippen molar-refractivity contribution in [2.24, 2.45) is 0 Å². The van der Waals surface area contributed by atoms with Crippen molar-refractivity contribution in [2.75, 3.05) is 17.4 Å². The van der Waals surface area contributed by atoms with Crippen LogP contribution in [0.15, 0.2) is 30.3 Å². The Morgan fingerprint density at radius 3 is 2.55 bits per heavy atom. The maximum Gasteiger partial charge on any atom is 0.0907 e. The average molecular weight is 169 g/mol. The van der Waals surface area contributed by atoms with Crippen LogP contribution in [0.1, 0.15) is 0 Å². The highest BCUT2D eigenvalue weighted by Crippen LogP contribution is 2.03. The van der Waals surface area contributed by atoms with Crippen LogP contribution in [0.25, 0.3) is 0 Å². The summed E-state index contributed by atoms with van der Waals surface area (Å²) in [5, 5.41) is 3.04. The van der Waals surface area contributed by atoms with Crippen LogP contribution < -0.4 is 5.32 Å². The summed E-state index contributed by atoms with van der Waals surface area (Å²) in [5.74, 6) is 0.518. The first kappa shape index (κ1) is 8.27. The van der Waals surface area contributed by atoms with Crippen molar-refractivity contribution in [3.05, 3.63) is 30.3 Å². The van der Waals surface area contributed by atoms with Crippen LogP contribution in [-0.2, 0) is 10.8 Å². The van der Waals surface area contributed by atoms with Gasteiger partial charge in [-0.2, -0.15) is 0 Å². The third-order valence-electron chi connectivity index (χ3n) is 1.25. The van der Waals surface area contributed by atoms with E-state index in [1.807, 2.05) is 30.3 Å². The molecule has 0 spiro atoms. The molecule has 0 aliphatic heterocycles. The molecule has 0 heterocycles. The molecule has 1 unspecified atom stereocenters. The van der Waals surface area contributed by atoms with E-state index in [4.69, 9.17) is 0 Å². The fraction of sp³-hybridized carbons (Fsp3) is 0.250. The topological polar surface area (TPSA) is 29.1 Å². The second kappa shape index (κ2) is 4.13. The number of hydrogen-bond acceptors (Lipinski definition) is 2. The molecule has 0 bridgehead atoms. The van der Waals surface area contributed by atoms with E-state index in [2.05, 4.69) is 5.32 Å². The lowest BCUT2D eigenvalue weighted by atomic mass is 10.3. The molecule has 0 saturated carbocycles. The largest absolute Gasteiger partial charge is 0.374 e. The molecule has 0 radical (unpaired) electrons. The summed E-state index contributed by atoms with van der Waals surface area (Å²) >= 11 is 0. The lowest BCUT2D eigenvalue weighted by Crippen LogP contribution is -2.05. The fourth-order valence-corrected chi connectivity index (χ4v) is 1.11. The number of anilines is 1. The Bertz CT molecular complexity index is 235. The Labute approximate surface area is 69.1 Å². The molecule has 0 saturated heterocycles. The summed E-state index contributed by atoms with van der Waals surface area (Å²) in [6, 6.07) is 9.75. The maximum atomic E-state index is 10.7. The van der Waals surface area contributed by atoms with Gasteiger partial charge in [-0.15, -0.1) is 0 Å². The fourth-order valence-electron chi connectivity index (χ4n) is 0.741. The zero-order valence-corrected chi connectivity index (χ0v) is 7.23. The first-order valence-corrected chi connectivity index (χ1v) is 5.11. The van der Waals surface area contributed by atoms with Gasteiger partial charge in [0, 0.05) is 22.7 Å². The van der Waals surface area contributed by atoms with Crippen LogP contribution in [0.2, 0.25) is 0 Å². The van der Waals surface area contributed by atoms with E-state index in [-0.39, 0.29) is 0 Å². The van der Waals surface area contributed by atoms with Gasteiger partial charge in [0.1, 0.15) is 0 Å². The van der Waals surface area contributed by atoms with E-state index in [0.717, 1.165) is 5.69 Å². The highest BCUT2D eigenvalue weighted by atomic mass is 32.2. The van der Waals surface area contributed by atoms with Gasteiger partial charge in [-0.1, -0.05) is 18.2 Å². The third kappa shape index (κ3) is 3.18. The summed E-state index contributed by atoms with van der Waals surface area (Å²) in [5.41, 5.74) is 1.02. The molecule has 3 heteroatoms. The van der Waals surface area contributed by atoms with Gasteiger partial charge >= 0.3 is 0 Å². The van der Waals surface area contributed by atoms with Gasteiger partial charge in [0.15, 0.2) is 0 Å². The summed E-state index contributed by atoms with van der Waals surface area (Å²) in [7, 11) is -0.777. The second-order valence-electron chi connectivity index (χ2n) is 2.26. The molecule has 60 valence electrons. The minimum absolute atomic E-state index is 0.518. The number of para-hydroxylation sites is 1. The average Bonchev–Trinajstić information content (AvgIpc) is 2.03. The molecule has 1 aromatic rings. The summed E-state index contributed by atoms with van der Waals surface area (Å²) in [6.45, 7) is 0. The first-order chi connectivity index (χ1) is 5.29. The Balaban J connectivity index is 2.45. The van der Waals surface area contributed by atoms with Gasteiger partial charge in [0.25, 0.3) is 0 Å². The van der Waals surface area contributed by atoms with Crippen molar-refractivity contribution in [1.29, 1.82) is 0 Å². The second-order valence-corrected chi connectivity index (χ2v) is 3.70. The molecule has 1 atom stereocenters. The molecule has 0 aliphatic carbocycles. The zero-order valence-electron chi connectivity index (χ0n) is 6.41. The van der Waals surface area contributed by atoms with Crippen molar-refractivity contribution in [1.82, 2.24) is 0 Å². The van der Waals surface area contributed by atoms with E-state index >= 15 is 0 Å². The molecule has 0 fully saturated rings. The molecular weight excluding hydrogens is 158 g/mol. The van der Waals surface area contributed by atoms with Crippen LogP contribution in [-0.4, -0.2) is 16.3 Å². The lowest BCUT2D eigenvalue weighted by molar-refractivity contribution is 0.688. The molecule has 1 aromatic carbocycles. The van der Waals surface area contributed by atoms with E-state index in [9.17, 15) is 4.21 Å². The third-order valence-corrected chi connectivity index (χ3v) is 1.80. The monoisotopic (exact) mass is 169 g/mol. The molecule has 1 rings (SSSR count). The molecule has 1 N–H and O–H groups in total. The van der Waals surface area contributed by atoms with Gasteiger partial charge in [-0.05, 0) is 12.1 Å². The van der Waals surface area contributed by atoms with E-state index < -0.39 is 10.8 Å². The minimum atomic E-state index is -0.777. The van der Waals surface area contributed by atoms with E-state index in [0.29, 0.717) is 5.88 Å². The number of benzene rings is 1. The van der Waals surface area contributed by atoms with Crippen molar-refractivity contribution in [3.8, 4) is 0 Å². The Morgan fingerprint density at radius 1 is 1.36 bits per heavy atom. The zero-order chi connectivity index (χ0) is 8.10. The Morgan fingerprint density at radius 2 is 2.00 bits per heavy atom. The van der Waals surface area contributed by atoms with E-state index in [1.165, 1.54) is 0 Å². The van der Waals surface area contributed by atoms with Crippen LogP contribution in [0.3, 0.4) is 0 Å². The Kier molecular flexibility index (Phi) is 3.11. The molecule has 0 aromatic heterocycles. The van der Waals surface area contributed by atoms with Crippen LogP contribution in [0.5, 0.6) is 0 Å². The Hall–Kier alpha value is -0.830. The quantitative estimate of drug-likeness (QED) is 0.741. The van der Waals surface area contributed by atoms with Gasteiger partial charge in [-0.3, -0.25) is 4.21 Å². The molecule has 2 nitrogen and oxygen atoms in total. The van der Waals surface area contributed by atoms with Crippen molar-refractivity contribution in [3.63, 3.8) is 0 Å². The smallest absolute Gasteiger partial charge is 0.0907 e. The van der Waals surface area contributed by atoms with Gasteiger partial charge in [0.2, 0.25) is 0 Å². The number of rotatable bonds is 3. The minimum Gasteiger partial charge on any atom is -0.374 e. The van der Waals surface area contributed by atoms with Crippen LogP contribution >= 0.6 is 0 Å². The van der Waals surface area contributed by atoms with Crippen molar-refractivity contribution >= 4 is 16.5 Å². The standard InChI is InChI=1S/C8H11NOS/c1-11(10)7-9-8-5-3-2-4-6-8/h2-6,9H,7H2,1H3. The SMILES string of the molecule is CS(=O)CNc1ccccc1. The van der Waals surface area contributed by atoms with Crippen molar-refractivity contribution in [2.45, 2.75) is 0 Å². The predicted octanol–water partition coefficient (Wildman–Crippen LogP) is 1.43. The normalized spacial score (nSPS) is 12.5. The highest BCUT2D eigenvalue weighted by Gasteiger charge is 1.89. The van der Waals surface area contributed by atoms with Gasteiger partial charge in [-0.25, -0.2) is 0 Å². The van der Waals surface area contributed by atoms with Gasteiger partial charge < -0.3 is 5.32 Å². The summed E-state index contributed by atoms with van der Waals surface area (Å²) < 4.78 is 10.7. The van der Waals surface area contributed by atoms with E-state index in [1.54, 1.807) is 6.26 Å². The predicted molar refractivity (Wildman–Crippen MR) is 49.0 cm³/mol. The highest BCUT2D eigenvalue weighted by molar-refractivity contribution is 7.84. The molecule has 0 aliphatic rings. The van der Waals surface area contributed by atoms with Crippen LogP contribution in [0, 0.1) is 0 Å². The summed E-state index contributed by atoms with van der Waals surface area (Å²) in [6.07, 6.45) is 1.68. The molecular formula is C8H11NOS. The maximum absolute atomic E-state index is 10.7. The number of hydrogen-bond donors (Lipinski definition) is 1. The number of nitrogens with one attached hydrogen (secondary N) is 1. The molecule has 0 amide bonds. The first-order valence-electron chi connectivity index (χ1n) is 3.38. The van der Waals surface area contributed by atoms with Crippen LogP contribution in [0.4, 0.5) is 5.69 Å². The summed E-state index contributed by atoms with van der Waals surface area (Å²) in [4.78, 5) is 0.